The van der Waals surface area contributed by atoms with Crippen molar-refractivity contribution in [2.45, 2.75) is 25.3 Å². The number of sulfone groups is 1. The van der Waals surface area contributed by atoms with Gasteiger partial charge in [0.05, 0.1) is 29.4 Å². The zero-order valence-electron chi connectivity index (χ0n) is 12.3. The van der Waals surface area contributed by atoms with E-state index in [0.717, 1.165) is 0 Å². The Morgan fingerprint density at radius 1 is 1.35 bits per heavy atom. The van der Waals surface area contributed by atoms with E-state index in [9.17, 15) is 18.0 Å². The van der Waals surface area contributed by atoms with Crippen LogP contribution in [0.5, 0.6) is 0 Å². The van der Waals surface area contributed by atoms with Crippen molar-refractivity contribution in [2.75, 3.05) is 16.8 Å². The zero-order chi connectivity index (χ0) is 16.4. The van der Waals surface area contributed by atoms with Crippen LogP contribution in [0.3, 0.4) is 0 Å². The minimum absolute atomic E-state index is 0.0498. The minimum Gasteiger partial charge on any atom is -0.319 e. The van der Waals surface area contributed by atoms with E-state index >= 15 is 0 Å². The first-order valence-electron chi connectivity index (χ1n) is 7.26. The second kappa shape index (κ2) is 6.07. The van der Waals surface area contributed by atoms with Crippen molar-refractivity contribution in [3.05, 3.63) is 24.5 Å². The summed E-state index contributed by atoms with van der Waals surface area (Å²) in [6, 6.07) is 2.91. The average molecular weight is 336 g/mol. The Balaban J connectivity index is 1.76. The number of aromatic nitrogens is 1. The number of hydrazone groups is 1. The molecule has 1 aromatic rings. The summed E-state index contributed by atoms with van der Waals surface area (Å²) in [6.07, 6.45) is 3.84. The number of anilines is 1. The third kappa shape index (κ3) is 3.55. The lowest BCUT2D eigenvalue weighted by molar-refractivity contribution is -0.133. The van der Waals surface area contributed by atoms with Crippen molar-refractivity contribution < 1.29 is 18.0 Å². The second-order valence-electron chi connectivity index (χ2n) is 5.54. The van der Waals surface area contributed by atoms with E-state index < -0.39 is 21.8 Å². The van der Waals surface area contributed by atoms with Gasteiger partial charge >= 0.3 is 0 Å². The summed E-state index contributed by atoms with van der Waals surface area (Å²) in [5, 5.41) is 7.95. The van der Waals surface area contributed by atoms with Crippen LogP contribution in [0.15, 0.2) is 29.6 Å². The normalized spacial score (nSPS) is 23.5. The highest BCUT2D eigenvalue weighted by Crippen LogP contribution is 2.22. The Hall–Kier alpha value is -2.29. The number of amides is 2. The molecular formula is C14H16N4O4S. The van der Waals surface area contributed by atoms with Crippen LogP contribution in [0.1, 0.15) is 19.3 Å². The Bertz CT molecular complexity index is 760. The molecule has 9 heteroatoms. The molecule has 1 saturated heterocycles. The first-order valence-corrected chi connectivity index (χ1v) is 9.08. The Morgan fingerprint density at radius 3 is 2.83 bits per heavy atom. The molecule has 2 amide bonds. The van der Waals surface area contributed by atoms with E-state index in [1.165, 1.54) is 11.2 Å². The van der Waals surface area contributed by atoms with Crippen LogP contribution in [0.2, 0.25) is 0 Å². The Morgan fingerprint density at radius 2 is 2.17 bits per heavy atom. The summed E-state index contributed by atoms with van der Waals surface area (Å²) < 4.78 is 23.1. The maximum absolute atomic E-state index is 12.2. The molecule has 1 aromatic heterocycles. The summed E-state index contributed by atoms with van der Waals surface area (Å²) in [7, 11) is -3.13. The molecule has 2 aliphatic heterocycles. The second-order valence-corrected chi connectivity index (χ2v) is 7.77. The van der Waals surface area contributed by atoms with E-state index in [2.05, 4.69) is 15.4 Å². The summed E-state index contributed by atoms with van der Waals surface area (Å²) in [5.74, 6) is -0.699. The van der Waals surface area contributed by atoms with Gasteiger partial charge in [-0.3, -0.25) is 14.6 Å². The third-order valence-corrected chi connectivity index (χ3v) is 5.55. The molecule has 0 radical (unpaired) electrons. The van der Waals surface area contributed by atoms with Crippen LogP contribution < -0.4 is 5.32 Å². The fourth-order valence-electron chi connectivity index (χ4n) is 2.63. The Labute approximate surface area is 133 Å². The molecule has 0 unspecified atom stereocenters. The van der Waals surface area contributed by atoms with Crippen molar-refractivity contribution in [3.63, 3.8) is 0 Å². The molecule has 8 nitrogen and oxygen atoms in total. The molecule has 3 rings (SSSR count). The van der Waals surface area contributed by atoms with Crippen molar-refractivity contribution in [2.24, 2.45) is 5.10 Å². The van der Waals surface area contributed by atoms with Crippen LogP contribution >= 0.6 is 0 Å². The van der Waals surface area contributed by atoms with E-state index in [-0.39, 0.29) is 36.0 Å². The monoisotopic (exact) mass is 336 g/mol. The Kier molecular flexibility index (Phi) is 4.12. The summed E-state index contributed by atoms with van der Waals surface area (Å²) >= 11 is 0. The number of rotatable bonds is 3. The predicted molar refractivity (Wildman–Crippen MR) is 83.4 cm³/mol. The molecule has 1 fully saturated rings. The molecule has 0 aliphatic carbocycles. The van der Waals surface area contributed by atoms with Gasteiger partial charge in [-0.05, 0) is 18.6 Å². The number of hydrogen-bond acceptors (Lipinski definition) is 6. The van der Waals surface area contributed by atoms with Crippen molar-refractivity contribution in [3.8, 4) is 0 Å². The number of carbonyl (C=O) groups excluding carboxylic acids is 2. The quantitative estimate of drug-likeness (QED) is 0.847. The van der Waals surface area contributed by atoms with Gasteiger partial charge in [-0.15, -0.1) is 0 Å². The molecule has 1 N–H and O–H groups in total. The van der Waals surface area contributed by atoms with Crippen LogP contribution in [0.4, 0.5) is 5.69 Å². The molecule has 23 heavy (non-hydrogen) atoms. The first-order chi connectivity index (χ1) is 10.9. The highest BCUT2D eigenvalue weighted by Gasteiger charge is 2.37. The lowest BCUT2D eigenvalue weighted by atomic mass is 10.1. The number of pyridine rings is 1. The maximum atomic E-state index is 12.2. The van der Waals surface area contributed by atoms with Gasteiger partial charge in [-0.2, -0.15) is 5.10 Å². The molecule has 2 aliphatic rings. The van der Waals surface area contributed by atoms with Gasteiger partial charge in [-0.25, -0.2) is 13.4 Å². The van der Waals surface area contributed by atoms with Gasteiger partial charge in [0.15, 0.2) is 9.84 Å². The largest absolute Gasteiger partial charge is 0.319 e. The standard InChI is InChI=1S/C14H16N4O4S/c19-13-4-3-12(14(20)16-10-2-1-6-15-8-10)17-18(13)11-5-7-23(21,22)9-11/h1-2,6,8,11H,3-5,7,9H2,(H,16,20)/t11-/m0/s1. The highest BCUT2D eigenvalue weighted by molar-refractivity contribution is 7.91. The van der Waals surface area contributed by atoms with Crippen LogP contribution in [0, 0.1) is 0 Å². The lowest BCUT2D eigenvalue weighted by Gasteiger charge is -2.27. The summed E-state index contributed by atoms with van der Waals surface area (Å²) in [4.78, 5) is 28.1. The number of hydrogen-bond donors (Lipinski definition) is 1. The van der Waals surface area contributed by atoms with Crippen molar-refractivity contribution in [1.82, 2.24) is 9.99 Å². The van der Waals surface area contributed by atoms with Gasteiger partial charge in [0.25, 0.3) is 5.91 Å². The topological polar surface area (TPSA) is 109 Å². The number of carbonyl (C=O) groups is 2. The van der Waals surface area contributed by atoms with Crippen LogP contribution in [-0.4, -0.2) is 53.5 Å². The molecule has 0 spiro atoms. The predicted octanol–water partition coefficient (Wildman–Crippen LogP) is 0.186. The van der Waals surface area contributed by atoms with Gasteiger partial charge in [0, 0.05) is 19.0 Å². The van der Waals surface area contributed by atoms with Gasteiger partial charge < -0.3 is 5.32 Å². The third-order valence-electron chi connectivity index (χ3n) is 3.80. The highest BCUT2D eigenvalue weighted by atomic mass is 32.2. The van der Waals surface area contributed by atoms with E-state index in [0.29, 0.717) is 12.1 Å². The average Bonchev–Trinajstić information content (AvgIpc) is 2.88. The molecule has 0 bridgehead atoms. The molecular weight excluding hydrogens is 320 g/mol. The van der Waals surface area contributed by atoms with Crippen molar-refractivity contribution >= 4 is 33.1 Å². The first kappa shape index (κ1) is 15.6. The molecule has 3 heterocycles. The fraction of sp³-hybridized carbons (Fsp3) is 0.429. The van der Waals surface area contributed by atoms with Crippen molar-refractivity contribution in [1.29, 1.82) is 0 Å². The smallest absolute Gasteiger partial charge is 0.271 e. The molecule has 1 atom stereocenters. The molecule has 0 aromatic carbocycles. The number of nitrogens with one attached hydrogen (secondary N) is 1. The van der Waals surface area contributed by atoms with E-state index in [1.54, 1.807) is 18.3 Å². The summed E-state index contributed by atoms with van der Waals surface area (Å²) in [6.45, 7) is 0. The van der Waals surface area contributed by atoms with Crippen LogP contribution in [-0.2, 0) is 19.4 Å². The molecule has 0 saturated carbocycles. The van der Waals surface area contributed by atoms with Gasteiger partial charge in [0.2, 0.25) is 5.91 Å². The maximum Gasteiger partial charge on any atom is 0.271 e. The fourth-order valence-corrected chi connectivity index (χ4v) is 4.32. The van der Waals surface area contributed by atoms with Gasteiger partial charge in [0.1, 0.15) is 5.71 Å². The lowest BCUT2D eigenvalue weighted by Crippen LogP contribution is -2.42. The van der Waals surface area contributed by atoms with E-state index in [4.69, 9.17) is 0 Å². The van der Waals surface area contributed by atoms with Crippen LogP contribution in [0.25, 0.3) is 0 Å². The minimum atomic E-state index is -3.13. The zero-order valence-corrected chi connectivity index (χ0v) is 13.1. The number of nitrogens with zero attached hydrogens (tertiary/aromatic N) is 3. The molecule has 122 valence electrons. The van der Waals surface area contributed by atoms with E-state index in [1.807, 2.05) is 0 Å². The van der Waals surface area contributed by atoms with Gasteiger partial charge in [-0.1, -0.05) is 0 Å². The summed E-state index contributed by atoms with van der Waals surface area (Å²) in [5.41, 5.74) is 0.754. The SMILES string of the molecule is O=C(Nc1cccnc1)C1=NN([C@H]2CCS(=O)(=O)C2)C(=O)CC1.